The van der Waals surface area contributed by atoms with Gasteiger partial charge in [0.25, 0.3) is 0 Å². The number of benzene rings is 2. The lowest BCUT2D eigenvalue weighted by molar-refractivity contribution is 0.0991. The largest absolute Gasteiger partial charge is 0.494 e. The first-order chi connectivity index (χ1) is 9.79. The smallest absolute Gasteiger partial charge is 0.176 e. The van der Waals surface area contributed by atoms with Gasteiger partial charge in [0, 0.05) is 12.1 Å². The van der Waals surface area contributed by atoms with Crippen LogP contribution in [-0.4, -0.2) is 18.9 Å². The van der Waals surface area contributed by atoms with Gasteiger partial charge in [0.05, 0.1) is 13.2 Å². The number of ether oxygens (including phenoxy) is 1. The Balaban J connectivity index is 1.82. The Morgan fingerprint density at radius 3 is 2.40 bits per heavy atom. The Labute approximate surface area is 119 Å². The van der Waals surface area contributed by atoms with Gasteiger partial charge in [-0.1, -0.05) is 30.3 Å². The van der Waals surface area contributed by atoms with Crippen molar-refractivity contribution in [3.05, 3.63) is 65.7 Å². The molecule has 0 atom stereocenters. The van der Waals surface area contributed by atoms with Crippen molar-refractivity contribution in [1.82, 2.24) is 5.32 Å². The molecule has 0 aliphatic carbocycles. The maximum Gasteiger partial charge on any atom is 0.176 e. The molecule has 0 saturated carbocycles. The summed E-state index contributed by atoms with van der Waals surface area (Å²) in [7, 11) is 0. The van der Waals surface area contributed by atoms with Crippen LogP contribution in [0.3, 0.4) is 0 Å². The summed E-state index contributed by atoms with van der Waals surface area (Å²) in [5.74, 6) is 0.880. The molecule has 3 nitrogen and oxygen atoms in total. The van der Waals surface area contributed by atoms with E-state index in [1.54, 1.807) is 12.1 Å². The Kier molecular flexibility index (Phi) is 5.33. The lowest BCUT2D eigenvalue weighted by atomic mass is 10.1. The minimum absolute atomic E-state index is 0.0870. The molecule has 1 N–H and O–H groups in total. The molecular formula is C17H19NO2. The molecule has 2 aromatic rings. The van der Waals surface area contributed by atoms with Crippen LogP contribution in [0.4, 0.5) is 0 Å². The van der Waals surface area contributed by atoms with E-state index in [9.17, 15) is 4.79 Å². The zero-order chi connectivity index (χ0) is 14.2. The summed E-state index contributed by atoms with van der Waals surface area (Å²) in [4.78, 5) is 12.0. The molecule has 104 valence electrons. The van der Waals surface area contributed by atoms with Crippen LogP contribution < -0.4 is 10.1 Å². The van der Waals surface area contributed by atoms with Crippen LogP contribution >= 0.6 is 0 Å². The number of Topliss-reactive ketones (excluding diaryl/α,β-unsaturated/α-hetero) is 1. The quantitative estimate of drug-likeness (QED) is 0.785. The highest BCUT2D eigenvalue weighted by molar-refractivity contribution is 5.97. The molecule has 0 unspecified atom stereocenters. The molecule has 0 aliphatic heterocycles. The standard InChI is InChI=1S/C17H19NO2/c1-2-20-16-10-8-15(9-11-16)17(19)13-18-12-14-6-4-3-5-7-14/h3-11,18H,2,12-13H2,1H3. The summed E-state index contributed by atoms with van der Waals surface area (Å²) >= 11 is 0. The molecule has 20 heavy (non-hydrogen) atoms. The molecule has 0 heterocycles. The number of carbonyl (C=O) groups is 1. The van der Waals surface area contributed by atoms with Gasteiger partial charge in [-0.2, -0.15) is 0 Å². The fourth-order valence-corrected chi connectivity index (χ4v) is 1.92. The Bertz CT molecular complexity index is 535. The summed E-state index contributed by atoms with van der Waals surface area (Å²) in [6.07, 6.45) is 0. The average Bonchev–Trinajstić information content (AvgIpc) is 2.49. The van der Waals surface area contributed by atoms with Crippen molar-refractivity contribution in [3.8, 4) is 5.75 Å². The van der Waals surface area contributed by atoms with E-state index in [2.05, 4.69) is 5.32 Å². The van der Waals surface area contributed by atoms with Gasteiger partial charge < -0.3 is 10.1 Å². The second-order valence-electron chi connectivity index (χ2n) is 4.47. The van der Waals surface area contributed by atoms with Gasteiger partial charge in [0.1, 0.15) is 5.75 Å². The molecule has 0 amide bonds. The third-order valence-corrected chi connectivity index (χ3v) is 2.94. The Hall–Kier alpha value is -2.13. The van der Waals surface area contributed by atoms with Crippen molar-refractivity contribution in [3.63, 3.8) is 0 Å². The van der Waals surface area contributed by atoms with E-state index in [1.807, 2.05) is 49.4 Å². The number of nitrogens with one attached hydrogen (secondary N) is 1. The van der Waals surface area contributed by atoms with Gasteiger partial charge in [0.2, 0.25) is 0 Å². The van der Waals surface area contributed by atoms with E-state index < -0.39 is 0 Å². The third-order valence-electron chi connectivity index (χ3n) is 2.94. The van der Waals surface area contributed by atoms with Crippen molar-refractivity contribution in [2.24, 2.45) is 0 Å². The predicted octanol–water partition coefficient (Wildman–Crippen LogP) is 3.06. The molecule has 3 heteroatoms. The van der Waals surface area contributed by atoms with E-state index in [-0.39, 0.29) is 5.78 Å². The minimum atomic E-state index is 0.0870. The van der Waals surface area contributed by atoms with Crippen LogP contribution in [0.25, 0.3) is 0 Å². The van der Waals surface area contributed by atoms with E-state index >= 15 is 0 Å². The van der Waals surface area contributed by atoms with Crippen molar-refractivity contribution < 1.29 is 9.53 Å². The fraction of sp³-hybridized carbons (Fsp3) is 0.235. The molecule has 2 aromatic carbocycles. The van der Waals surface area contributed by atoms with Crippen LogP contribution in [0.1, 0.15) is 22.8 Å². The molecule has 0 radical (unpaired) electrons. The second-order valence-corrected chi connectivity index (χ2v) is 4.47. The molecule has 0 spiro atoms. The normalized spacial score (nSPS) is 10.2. The summed E-state index contributed by atoms with van der Waals surface area (Å²) in [6.45, 7) is 3.60. The number of carbonyl (C=O) groups excluding carboxylic acids is 1. The SMILES string of the molecule is CCOc1ccc(C(=O)CNCc2ccccc2)cc1. The molecule has 0 saturated heterocycles. The first kappa shape index (κ1) is 14.3. The maximum absolute atomic E-state index is 12.0. The molecule has 2 rings (SSSR count). The molecular weight excluding hydrogens is 250 g/mol. The Morgan fingerprint density at radius 2 is 1.75 bits per heavy atom. The van der Waals surface area contributed by atoms with Gasteiger partial charge in [-0.05, 0) is 36.8 Å². The highest BCUT2D eigenvalue weighted by Crippen LogP contribution is 2.12. The zero-order valence-electron chi connectivity index (χ0n) is 11.6. The predicted molar refractivity (Wildman–Crippen MR) is 80.1 cm³/mol. The van der Waals surface area contributed by atoms with Crippen LogP contribution in [0.2, 0.25) is 0 Å². The van der Waals surface area contributed by atoms with Gasteiger partial charge >= 0.3 is 0 Å². The summed E-state index contributed by atoms with van der Waals surface area (Å²) in [5.41, 5.74) is 1.88. The van der Waals surface area contributed by atoms with Crippen LogP contribution in [0.15, 0.2) is 54.6 Å². The van der Waals surface area contributed by atoms with Gasteiger partial charge in [-0.25, -0.2) is 0 Å². The van der Waals surface area contributed by atoms with Crippen molar-refractivity contribution in [2.45, 2.75) is 13.5 Å². The van der Waals surface area contributed by atoms with Crippen LogP contribution in [0.5, 0.6) is 5.75 Å². The second kappa shape index (κ2) is 7.46. The van der Waals surface area contributed by atoms with Gasteiger partial charge in [0.15, 0.2) is 5.78 Å². The molecule has 0 aromatic heterocycles. The van der Waals surface area contributed by atoms with Crippen LogP contribution in [0, 0.1) is 0 Å². The van der Waals surface area contributed by atoms with E-state index in [0.29, 0.717) is 25.3 Å². The van der Waals surface area contributed by atoms with Crippen molar-refractivity contribution >= 4 is 5.78 Å². The average molecular weight is 269 g/mol. The minimum Gasteiger partial charge on any atom is -0.494 e. The summed E-state index contributed by atoms with van der Waals surface area (Å²) < 4.78 is 5.35. The van der Waals surface area contributed by atoms with E-state index in [0.717, 1.165) is 5.75 Å². The topological polar surface area (TPSA) is 38.3 Å². The number of hydrogen-bond donors (Lipinski definition) is 1. The van der Waals surface area contributed by atoms with Gasteiger partial charge in [-0.3, -0.25) is 4.79 Å². The highest BCUT2D eigenvalue weighted by Gasteiger charge is 2.05. The van der Waals surface area contributed by atoms with Crippen LogP contribution in [-0.2, 0) is 6.54 Å². The number of hydrogen-bond acceptors (Lipinski definition) is 3. The highest BCUT2D eigenvalue weighted by atomic mass is 16.5. The van der Waals surface area contributed by atoms with Crippen molar-refractivity contribution in [1.29, 1.82) is 0 Å². The third kappa shape index (κ3) is 4.21. The number of ketones is 1. The lowest BCUT2D eigenvalue weighted by Crippen LogP contribution is -2.22. The lowest BCUT2D eigenvalue weighted by Gasteiger charge is -2.06. The monoisotopic (exact) mass is 269 g/mol. The van der Waals surface area contributed by atoms with E-state index in [1.165, 1.54) is 5.56 Å². The molecule has 0 aliphatic rings. The fourth-order valence-electron chi connectivity index (χ4n) is 1.92. The molecule has 0 bridgehead atoms. The first-order valence-corrected chi connectivity index (χ1v) is 6.80. The first-order valence-electron chi connectivity index (χ1n) is 6.80. The van der Waals surface area contributed by atoms with Crippen molar-refractivity contribution in [2.75, 3.05) is 13.2 Å². The van der Waals surface area contributed by atoms with E-state index in [4.69, 9.17) is 4.74 Å². The Morgan fingerprint density at radius 1 is 1.05 bits per heavy atom. The summed E-state index contributed by atoms with van der Waals surface area (Å²) in [6, 6.07) is 17.3. The van der Waals surface area contributed by atoms with Gasteiger partial charge in [-0.15, -0.1) is 0 Å². The number of rotatable bonds is 7. The molecule has 0 fully saturated rings. The zero-order valence-corrected chi connectivity index (χ0v) is 11.6. The maximum atomic E-state index is 12.0. The summed E-state index contributed by atoms with van der Waals surface area (Å²) in [5, 5.41) is 3.16.